The Morgan fingerprint density at radius 1 is 0.741 bits per heavy atom. The van der Waals surface area contributed by atoms with Crippen LogP contribution in [0.1, 0.15) is 41.0 Å². The summed E-state index contributed by atoms with van der Waals surface area (Å²) in [4.78, 5) is 60.4. The molecule has 5 aromatic rings. The molecule has 6 atom stereocenters. The van der Waals surface area contributed by atoms with Crippen LogP contribution < -0.4 is 5.43 Å². The number of anilines is 1. The van der Waals surface area contributed by atoms with Crippen molar-refractivity contribution in [3.8, 4) is 11.5 Å². The van der Waals surface area contributed by atoms with Gasteiger partial charge in [0, 0.05) is 17.8 Å². The number of likely N-dealkylation sites (tertiary alicyclic amines) is 1. The van der Waals surface area contributed by atoms with Gasteiger partial charge in [-0.15, -0.1) is 0 Å². The molecular formula is C45H39N3O6. The monoisotopic (exact) mass is 717 g/mol. The molecule has 2 aliphatic carbocycles. The van der Waals surface area contributed by atoms with Crippen LogP contribution >= 0.6 is 0 Å². The smallest absolute Gasteiger partial charge is 0.260 e. The van der Waals surface area contributed by atoms with E-state index < -0.39 is 40.9 Å². The highest BCUT2D eigenvalue weighted by molar-refractivity contribution is 6.13. The molecule has 0 unspecified atom stereocenters. The predicted octanol–water partition coefficient (Wildman–Crippen LogP) is 6.79. The van der Waals surface area contributed by atoms with Gasteiger partial charge in [-0.1, -0.05) is 102 Å². The predicted molar refractivity (Wildman–Crippen MR) is 203 cm³/mol. The van der Waals surface area contributed by atoms with E-state index in [-0.39, 0.29) is 42.2 Å². The SMILES string of the molecule is Cc1ccc(NN2C(=O)[C@@H]3C[C@@H]4C(=CC[C@@H]5C(=O)N(CCc6ccc(O)cc6)C(=O)[C@@H]54)[C@H](c4ccc(O)c5ccccc45)[C@]3(c3ccccc3)C2=O)cc1. The quantitative estimate of drug-likeness (QED) is 0.125. The van der Waals surface area contributed by atoms with E-state index in [1.807, 2.05) is 91.9 Å². The molecule has 5 aromatic carbocycles. The summed E-state index contributed by atoms with van der Waals surface area (Å²) in [6, 6.07) is 34.7. The maximum Gasteiger partial charge on any atom is 0.260 e. The fourth-order valence-corrected chi connectivity index (χ4v) is 9.84. The van der Waals surface area contributed by atoms with Gasteiger partial charge in [-0.2, -0.15) is 5.01 Å². The van der Waals surface area contributed by atoms with E-state index in [1.165, 1.54) is 9.91 Å². The Labute approximate surface area is 312 Å². The standard InChI is InChI=1S/C45H39N3O6/c1-26-11-15-29(16-12-26)46-48-42(52)37-25-36-34(19-20-35-39(36)43(53)47(41(35)51)24-23-27-13-17-30(49)18-14-27)40(45(37,44(48)54)28-7-3-2-4-8-28)33-21-22-38(50)32-10-6-5-9-31(32)33/h2-19,21-22,35-37,39-40,46,49-50H,20,23-25H2,1H3/t35-,36+,37-,39-,40-,45+/m0/s1. The van der Waals surface area contributed by atoms with Gasteiger partial charge in [-0.3, -0.25) is 29.5 Å². The molecule has 54 heavy (non-hydrogen) atoms. The van der Waals surface area contributed by atoms with Crippen molar-refractivity contribution in [2.24, 2.45) is 23.7 Å². The van der Waals surface area contributed by atoms with E-state index in [9.17, 15) is 24.6 Å². The largest absolute Gasteiger partial charge is 0.508 e. The highest BCUT2D eigenvalue weighted by Gasteiger charge is 2.70. The molecule has 4 amide bonds. The van der Waals surface area contributed by atoms with Crippen molar-refractivity contribution in [2.75, 3.05) is 12.0 Å². The van der Waals surface area contributed by atoms with Crippen LogP contribution in [0, 0.1) is 30.6 Å². The molecule has 2 heterocycles. The molecular weight excluding hydrogens is 679 g/mol. The number of rotatable bonds is 7. The maximum absolute atomic E-state index is 15.5. The van der Waals surface area contributed by atoms with Crippen molar-refractivity contribution < 1.29 is 29.4 Å². The average molecular weight is 718 g/mol. The summed E-state index contributed by atoms with van der Waals surface area (Å²) < 4.78 is 0. The van der Waals surface area contributed by atoms with Crippen molar-refractivity contribution in [3.63, 3.8) is 0 Å². The second-order valence-corrected chi connectivity index (χ2v) is 15.1. The van der Waals surface area contributed by atoms with Crippen LogP contribution in [0.5, 0.6) is 11.5 Å². The number of benzene rings is 5. The number of hydrogen-bond acceptors (Lipinski definition) is 7. The Balaban J connectivity index is 1.21. The molecule has 9 nitrogen and oxygen atoms in total. The zero-order valence-corrected chi connectivity index (χ0v) is 29.7. The number of carbonyl (C=O) groups is 4. The fourth-order valence-electron chi connectivity index (χ4n) is 9.84. The molecule has 4 aliphatic rings. The number of hydrazine groups is 1. The third kappa shape index (κ3) is 4.98. The first-order chi connectivity index (χ1) is 26.2. The number of phenols is 2. The van der Waals surface area contributed by atoms with Crippen molar-refractivity contribution in [3.05, 3.63) is 149 Å². The molecule has 0 aromatic heterocycles. The van der Waals surface area contributed by atoms with Gasteiger partial charge in [0.05, 0.1) is 28.9 Å². The molecule has 0 bridgehead atoms. The zero-order valence-electron chi connectivity index (χ0n) is 29.7. The molecule has 9 rings (SSSR count). The number of amides is 4. The summed E-state index contributed by atoms with van der Waals surface area (Å²) in [6.45, 7) is 2.17. The second kappa shape index (κ2) is 12.7. The third-order valence-corrected chi connectivity index (χ3v) is 12.3. The van der Waals surface area contributed by atoms with Crippen LogP contribution in [0.2, 0.25) is 0 Å². The van der Waals surface area contributed by atoms with Crippen LogP contribution in [0.25, 0.3) is 10.8 Å². The van der Waals surface area contributed by atoms with Gasteiger partial charge in [0.25, 0.3) is 11.8 Å². The number of nitrogens with zero attached hydrogens (tertiary/aromatic N) is 2. The van der Waals surface area contributed by atoms with E-state index >= 15 is 4.79 Å². The topological polar surface area (TPSA) is 127 Å². The number of aromatic hydroxyl groups is 2. The van der Waals surface area contributed by atoms with Gasteiger partial charge in [0.1, 0.15) is 11.5 Å². The van der Waals surface area contributed by atoms with E-state index in [1.54, 1.807) is 30.3 Å². The van der Waals surface area contributed by atoms with E-state index in [0.29, 0.717) is 29.5 Å². The Hall–Kier alpha value is -6.22. The van der Waals surface area contributed by atoms with Crippen LogP contribution in [0.3, 0.4) is 0 Å². The molecule has 3 fully saturated rings. The maximum atomic E-state index is 15.5. The van der Waals surface area contributed by atoms with Crippen molar-refractivity contribution in [1.29, 1.82) is 0 Å². The average Bonchev–Trinajstić information content (AvgIpc) is 3.56. The van der Waals surface area contributed by atoms with Gasteiger partial charge in [0.2, 0.25) is 11.8 Å². The van der Waals surface area contributed by atoms with Gasteiger partial charge in [0.15, 0.2) is 0 Å². The van der Waals surface area contributed by atoms with Crippen LogP contribution in [0.4, 0.5) is 5.69 Å². The number of hydrogen-bond donors (Lipinski definition) is 3. The summed E-state index contributed by atoms with van der Waals surface area (Å²) in [6.07, 6.45) is 3.03. The minimum absolute atomic E-state index is 0.0991. The minimum Gasteiger partial charge on any atom is -0.508 e. The molecule has 0 radical (unpaired) electrons. The second-order valence-electron chi connectivity index (χ2n) is 15.1. The number of imide groups is 2. The van der Waals surface area contributed by atoms with Gasteiger partial charge < -0.3 is 10.2 Å². The van der Waals surface area contributed by atoms with E-state index in [2.05, 4.69) is 11.5 Å². The minimum atomic E-state index is -1.41. The summed E-state index contributed by atoms with van der Waals surface area (Å²) in [5, 5.41) is 23.3. The van der Waals surface area contributed by atoms with Gasteiger partial charge >= 0.3 is 0 Å². The van der Waals surface area contributed by atoms with Gasteiger partial charge in [-0.25, -0.2) is 0 Å². The first kappa shape index (κ1) is 33.6. The summed E-state index contributed by atoms with van der Waals surface area (Å²) >= 11 is 0. The van der Waals surface area contributed by atoms with Crippen LogP contribution in [-0.4, -0.2) is 50.3 Å². The normalized spacial score (nSPS) is 26.1. The molecule has 9 heteroatoms. The first-order valence-electron chi connectivity index (χ1n) is 18.5. The lowest BCUT2D eigenvalue weighted by Crippen LogP contribution is -2.53. The zero-order chi connectivity index (χ0) is 37.3. The Morgan fingerprint density at radius 2 is 1.44 bits per heavy atom. The number of nitrogens with one attached hydrogen (secondary N) is 1. The highest BCUT2D eigenvalue weighted by Crippen LogP contribution is 2.64. The van der Waals surface area contributed by atoms with Crippen LogP contribution in [0.15, 0.2) is 127 Å². The Kier molecular flexibility index (Phi) is 7.92. The number of allylic oxidation sites excluding steroid dienone is 2. The van der Waals surface area contributed by atoms with Crippen molar-refractivity contribution in [1.82, 2.24) is 9.91 Å². The number of phenolic OH excluding ortho intramolecular Hbond substituents is 2. The highest BCUT2D eigenvalue weighted by atomic mass is 16.3. The van der Waals surface area contributed by atoms with E-state index in [4.69, 9.17) is 0 Å². The number of fused-ring (bicyclic) bond motifs is 5. The summed E-state index contributed by atoms with van der Waals surface area (Å²) in [5.41, 5.74) is 6.59. The molecule has 2 aliphatic heterocycles. The van der Waals surface area contributed by atoms with Crippen molar-refractivity contribution >= 4 is 40.1 Å². The fraction of sp³-hybridized carbons (Fsp3) is 0.244. The lowest BCUT2D eigenvalue weighted by atomic mass is 9.49. The van der Waals surface area contributed by atoms with Crippen molar-refractivity contribution in [2.45, 2.75) is 37.5 Å². The molecule has 1 saturated carbocycles. The molecule has 2 saturated heterocycles. The lowest BCUT2D eigenvalue weighted by Gasteiger charge is -2.51. The van der Waals surface area contributed by atoms with Crippen LogP contribution in [-0.2, 0) is 31.0 Å². The Bertz CT molecular complexity index is 2370. The Morgan fingerprint density at radius 3 is 2.19 bits per heavy atom. The van der Waals surface area contributed by atoms with Gasteiger partial charge in [-0.05, 0) is 84.5 Å². The molecule has 3 N–H and O–H groups in total. The first-order valence-corrected chi connectivity index (χ1v) is 18.5. The molecule has 270 valence electrons. The number of aryl methyl sites for hydroxylation is 1. The number of carbonyl (C=O) groups excluding carboxylic acids is 4. The van der Waals surface area contributed by atoms with E-state index in [0.717, 1.165) is 27.6 Å². The lowest BCUT2D eigenvalue weighted by molar-refractivity contribution is -0.141. The molecule has 0 spiro atoms. The summed E-state index contributed by atoms with van der Waals surface area (Å²) in [5.74, 6) is -4.37. The third-order valence-electron chi connectivity index (χ3n) is 12.3. The summed E-state index contributed by atoms with van der Waals surface area (Å²) in [7, 11) is 0.